The lowest BCUT2D eigenvalue weighted by atomic mass is 10.0. The van der Waals surface area contributed by atoms with E-state index in [1.54, 1.807) is 31.9 Å². The van der Waals surface area contributed by atoms with Crippen molar-refractivity contribution >= 4 is 28.3 Å². The average molecular weight is 378 g/mol. The highest BCUT2D eigenvalue weighted by Gasteiger charge is 2.16. The molecular weight excluding hydrogens is 362 g/mol. The molecular formula is C20H16ClN5O. The van der Waals surface area contributed by atoms with Crippen LogP contribution >= 0.6 is 11.6 Å². The predicted octanol–water partition coefficient (Wildman–Crippen LogP) is 4.28. The van der Waals surface area contributed by atoms with Crippen LogP contribution in [0.25, 0.3) is 11.0 Å². The molecule has 1 atom stereocenters. The summed E-state index contributed by atoms with van der Waals surface area (Å²) in [5, 5.41) is 4.05. The van der Waals surface area contributed by atoms with Crippen molar-refractivity contribution in [3.05, 3.63) is 83.5 Å². The first-order valence-corrected chi connectivity index (χ1v) is 8.69. The number of aromatic nitrogens is 4. The van der Waals surface area contributed by atoms with Crippen LogP contribution in [0.3, 0.4) is 0 Å². The maximum absolute atomic E-state index is 6.39. The molecule has 134 valence electrons. The molecule has 0 fully saturated rings. The molecule has 1 unspecified atom stereocenters. The Hall–Kier alpha value is -3.25. The van der Waals surface area contributed by atoms with Crippen LogP contribution in [0.1, 0.15) is 17.2 Å². The van der Waals surface area contributed by atoms with E-state index in [0.717, 1.165) is 22.3 Å². The normalized spacial score (nSPS) is 11.9. The fourth-order valence-electron chi connectivity index (χ4n) is 2.87. The second kappa shape index (κ2) is 7.55. The van der Waals surface area contributed by atoms with Gasteiger partial charge >= 0.3 is 0 Å². The molecule has 0 saturated heterocycles. The Balaban J connectivity index is 1.75. The quantitative estimate of drug-likeness (QED) is 0.559. The summed E-state index contributed by atoms with van der Waals surface area (Å²) >= 11 is 6.39. The minimum absolute atomic E-state index is 0.165. The smallest absolute Gasteiger partial charge is 0.212 e. The van der Waals surface area contributed by atoms with Gasteiger partial charge < -0.3 is 10.1 Å². The molecule has 0 spiro atoms. The molecule has 6 nitrogen and oxygen atoms in total. The summed E-state index contributed by atoms with van der Waals surface area (Å²) in [6.07, 6.45) is 8.63. The number of fused-ring (bicyclic) bond motifs is 1. The zero-order chi connectivity index (χ0) is 18.6. The summed E-state index contributed by atoms with van der Waals surface area (Å²) in [5.74, 6) is 0.563. The summed E-state index contributed by atoms with van der Waals surface area (Å²) in [4.78, 5) is 17.2. The van der Waals surface area contributed by atoms with Gasteiger partial charge in [-0.25, -0.2) is 4.98 Å². The Morgan fingerprint density at radius 3 is 2.56 bits per heavy atom. The molecule has 3 heterocycles. The van der Waals surface area contributed by atoms with Crippen molar-refractivity contribution in [3.8, 4) is 5.88 Å². The second-order valence-corrected chi connectivity index (χ2v) is 6.29. The minimum Gasteiger partial charge on any atom is -0.481 e. The monoisotopic (exact) mass is 377 g/mol. The van der Waals surface area contributed by atoms with Gasteiger partial charge in [0.2, 0.25) is 5.88 Å². The van der Waals surface area contributed by atoms with Gasteiger partial charge in [0.1, 0.15) is 5.52 Å². The topological polar surface area (TPSA) is 72.8 Å². The van der Waals surface area contributed by atoms with Crippen molar-refractivity contribution in [1.29, 1.82) is 0 Å². The highest BCUT2D eigenvalue weighted by atomic mass is 35.5. The van der Waals surface area contributed by atoms with E-state index in [4.69, 9.17) is 16.3 Å². The molecule has 0 aliphatic rings. The average Bonchev–Trinajstić information content (AvgIpc) is 2.73. The number of nitrogens with zero attached hydrogens (tertiary/aromatic N) is 4. The summed E-state index contributed by atoms with van der Waals surface area (Å²) in [5.41, 5.74) is 4.20. The van der Waals surface area contributed by atoms with E-state index in [1.807, 2.05) is 42.6 Å². The second-order valence-electron chi connectivity index (χ2n) is 5.88. The summed E-state index contributed by atoms with van der Waals surface area (Å²) in [6, 6.07) is 11.3. The standard InChI is InChI=1S/C20H16ClN5O/c1-27-18-5-4-14(12-25-18)19(13-3-2-6-22-11-13)26-15-9-16(21)20-17(10-15)23-7-8-24-20/h2-12,19,26H,1H3. The van der Waals surface area contributed by atoms with Crippen molar-refractivity contribution < 1.29 is 4.74 Å². The van der Waals surface area contributed by atoms with E-state index >= 15 is 0 Å². The van der Waals surface area contributed by atoms with Crippen molar-refractivity contribution in [2.24, 2.45) is 0 Å². The number of methoxy groups -OCH3 is 1. The third-order valence-electron chi connectivity index (χ3n) is 4.16. The number of ether oxygens (including phenoxy) is 1. The number of anilines is 1. The first-order valence-electron chi connectivity index (χ1n) is 8.31. The Morgan fingerprint density at radius 1 is 0.963 bits per heavy atom. The summed E-state index contributed by atoms with van der Waals surface area (Å²) in [6.45, 7) is 0. The van der Waals surface area contributed by atoms with Gasteiger partial charge in [-0.05, 0) is 35.4 Å². The number of hydrogen-bond donors (Lipinski definition) is 1. The maximum Gasteiger partial charge on any atom is 0.212 e. The molecule has 4 aromatic rings. The van der Waals surface area contributed by atoms with Gasteiger partial charge in [0.15, 0.2) is 0 Å². The molecule has 0 aliphatic carbocycles. The van der Waals surface area contributed by atoms with E-state index in [0.29, 0.717) is 16.4 Å². The maximum atomic E-state index is 6.39. The first kappa shape index (κ1) is 17.2. The molecule has 1 N–H and O–H groups in total. The van der Waals surface area contributed by atoms with E-state index < -0.39 is 0 Å². The zero-order valence-electron chi connectivity index (χ0n) is 14.5. The Labute approximate surface area is 161 Å². The molecule has 27 heavy (non-hydrogen) atoms. The van der Waals surface area contributed by atoms with E-state index in [-0.39, 0.29) is 6.04 Å². The molecule has 0 radical (unpaired) electrons. The van der Waals surface area contributed by atoms with Crippen LogP contribution < -0.4 is 10.1 Å². The lowest BCUT2D eigenvalue weighted by Crippen LogP contribution is -2.13. The summed E-state index contributed by atoms with van der Waals surface area (Å²) < 4.78 is 5.16. The van der Waals surface area contributed by atoms with Crippen LogP contribution in [0.4, 0.5) is 5.69 Å². The highest BCUT2D eigenvalue weighted by molar-refractivity contribution is 6.35. The van der Waals surface area contributed by atoms with Crippen LogP contribution in [0, 0.1) is 0 Å². The molecule has 0 aliphatic heterocycles. The number of pyridine rings is 2. The van der Waals surface area contributed by atoms with Crippen LogP contribution in [0.2, 0.25) is 5.02 Å². The lowest BCUT2D eigenvalue weighted by molar-refractivity contribution is 0.397. The third-order valence-corrected chi connectivity index (χ3v) is 4.45. The van der Waals surface area contributed by atoms with Gasteiger partial charge in [-0.1, -0.05) is 17.7 Å². The van der Waals surface area contributed by atoms with Gasteiger partial charge in [0.25, 0.3) is 0 Å². The largest absolute Gasteiger partial charge is 0.481 e. The fourth-order valence-corrected chi connectivity index (χ4v) is 3.13. The third kappa shape index (κ3) is 3.66. The number of rotatable bonds is 5. The predicted molar refractivity (Wildman–Crippen MR) is 105 cm³/mol. The van der Waals surface area contributed by atoms with Gasteiger partial charge in [-0.15, -0.1) is 0 Å². The van der Waals surface area contributed by atoms with Crippen molar-refractivity contribution in [2.45, 2.75) is 6.04 Å². The Kier molecular flexibility index (Phi) is 4.80. The van der Waals surface area contributed by atoms with Crippen molar-refractivity contribution in [1.82, 2.24) is 19.9 Å². The Bertz CT molecular complexity index is 1060. The van der Waals surface area contributed by atoms with Gasteiger partial charge in [-0.2, -0.15) is 0 Å². The highest BCUT2D eigenvalue weighted by Crippen LogP contribution is 2.30. The fraction of sp³-hybridized carbons (Fsp3) is 0.100. The lowest BCUT2D eigenvalue weighted by Gasteiger charge is -2.21. The minimum atomic E-state index is -0.165. The molecule has 3 aromatic heterocycles. The summed E-state index contributed by atoms with van der Waals surface area (Å²) in [7, 11) is 1.59. The van der Waals surface area contributed by atoms with Crippen LogP contribution in [-0.4, -0.2) is 27.0 Å². The van der Waals surface area contributed by atoms with Gasteiger partial charge in [-0.3, -0.25) is 15.0 Å². The van der Waals surface area contributed by atoms with E-state index in [2.05, 4.69) is 25.3 Å². The van der Waals surface area contributed by atoms with Crippen LogP contribution in [-0.2, 0) is 0 Å². The Morgan fingerprint density at radius 2 is 1.81 bits per heavy atom. The van der Waals surface area contributed by atoms with Gasteiger partial charge in [0, 0.05) is 42.7 Å². The van der Waals surface area contributed by atoms with Crippen LogP contribution in [0.5, 0.6) is 5.88 Å². The number of halogens is 1. The number of hydrogen-bond acceptors (Lipinski definition) is 6. The molecule has 0 amide bonds. The van der Waals surface area contributed by atoms with Gasteiger partial charge in [0.05, 0.1) is 23.7 Å². The van der Waals surface area contributed by atoms with E-state index in [9.17, 15) is 0 Å². The zero-order valence-corrected chi connectivity index (χ0v) is 15.3. The van der Waals surface area contributed by atoms with Crippen molar-refractivity contribution in [2.75, 3.05) is 12.4 Å². The first-order chi connectivity index (χ1) is 13.2. The van der Waals surface area contributed by atoms with E-state index in [1.165, 1.54) is 0 Å². The molecule has 7 heteroatoms. The number of benzene rings is 1. The van der Waals surface area contributed by atoms with Crippen molar-refractivity contribution in [3.63, 3.8) is 0 Å². The molecule has 0 bridgehead atoms. The number of nitrogens with one attached hydrogen (secondary N) is 1. The molecule has 4 rings (SSSR count). The SMILES string of the molecule is COc1ccc(C(Nc2cc(Cl)c3nccnc3c2)c2cccnc2)cn1. The van der Waals surface area contributed by atoms with Crippen LogP contribution in [0.15, 0.2) is 67.4 Å². The molecule has 1 aromatic carbocycles. The molecule has 0 saturated carbocycles.